The summed E-state index contributed by atoms with van der Waals surface area (Å²) in [5, 5.41) is 0. The molecule has 0 saturated carbocycles. The largest absolute Gasteiger partial charge is 0.513 e. The van der Waals surface area contributed by atoms with Gasteiger partial charge in [-0.2, -0.15) is 0 Å². The van der Waals surface area contributed by atoms with Gasteiger partial charge in [-0.05, 0) is 50.3 Å². The van der Waals surface area contributed by atoms with Gasteiger partial charge in [0.1, 0.15) is 18.8 Å². The van der Waals surface area contributed by atoms with Crippen molar-refractivity contribution in [2.75, 3.05) is 19.8 Å². The van der Waals surface area contributed by atoms with Crippen LogP contribution in [0, 0.1) is 0 Å². The van der Waals surface area contributed by atoms with Crippen molar-refractivity contribution >= 4 is 24.2 Å². The summed E-state index contributed by atoms with van der Waals surface area (Å²) in [6.45, 7) is 7.29. The van der Waals surface area contributed by atoms with Gasteiger partial charge in [0, 0.05) is 6.42 Å². The maximum atomic E-state index is 12.3. The quantitative estimate of drug-likeness (QED) is 0.228. The summed E-state index contributed by atoms with van der Waals surface area (Å²) < 4.78 is 30.3. The van der Waals surface area contributed by atoms with Crippen LogP contribution in [0.5, 0.6) is 11.5 Å². The van der Waals surface area contributed by atoms with E-state index in [0.29, 0.717) is 24.8 Å². The summed E-state index contributed by atoms with van der Waals surface area (Å²) in [4.78, 5) is 47.6. The maximum Gasteiger partial charge on any atom is 0.513 e. The third-order valence-electron chi connectivity index (χ3n) is 4.25. The Kier molecular flexibility index (Phi) is 13.8. The second kappa shape index (κ2) is 16.3. The molecule has 35 heavy (non-hydrogen) atoms. The van der Waals surface area contributed by atoms with E-state index < -0.39 is 30.4 Å². The lowest BCUT2D eigenvalue weighted by Crippen LogP contribution is -2.36. The lowest BCUT2D eigenvalue weighted by Gasteiger charge is -2.16. The Morgan fingerprint density at radius 1 is 0.857 bits per heavy atom. The van der Waals surface area contributed by atoms with Crippen LogP contribution in [0.3, 0.4) is 0 Å². The molecule has 0 aliphatic heterocycles. The average Bonchev–Trinajstić information content (AvgIpc) is 2.81. The highest BCUT2D eigenvalue weighted by Gasteiger charge is 2.21. The Bertz CT molecular complexity index is 842. The first-order chi connectivity index (χ1) is 16.7. The molecule has 1 aromatic carbocycles. The summed E-state index contributed by atoms with van der Waals surface area (Å²) in [6, 6.07) is 3.29. The number of carbonyl (C=O) groups is 4. The summed E-state index contributed by atoms with van der Waals surface area (Å²) in [5.41, 5.74) is 6.46. The second-order valence-electron chi connectivity index (χ2n) is 7.67. The van der Waals surface area contributed by atoms with E-state index in [1.54, 1.807) is 13.0 Å². The monoisotopic (exact) mass is 497 g/mol. The van der Waals surface area contributed by atoms with Crippen LogP contribution in [0.1, 0.15) is 58.9 Å². The standard InChI is InChI=1S/C24H35NO10/c1-5-8-21(26)33-16(4)15-32-22(27)18(25)13-17-9-10-19(34-23(28)30-11-6-2)20(14-17)35-24(29)31-12-7-3/h9-10,14,16,18H,5-8,11-13,15,25H2,1-4H3/t16-,18-/m0/s1. The molecular weight excluding hydrogens is 462 g/mol. The van der Waals surface area contributed by atoms with Gasteiger partial charge >= 0.3 is 24.2 Å². The number of esters is 2. The van der Waals surface area contributed by atoms with Crippen LogP contribution in [0.4, 0.5) is 9.59 Å². The van der Waals surface area contributed by atoms with Crippen LogP contribution in [0.25, 0.3) is 0 Å². The Morgan fingerprint density at radius 3 is 2.03 bits per heavy atom. The molecule has 0 unspecified atom stereocenters. The molecule has 0 amide bonds. The minimum absolute atomic E-state index is 0.0315. The molecule has 2 N–H and O–H groups in total. The zero-order chi connectivity index (χ0) is 26.2. The molecule has 1 rings (SSSR count). The van der Waals surface area contributed by atoms with Crippen molar-refractivity contribution in [3.05, 3.63) is 23.8 Å². The molecule has 0 aliphatic rings. The normalized spacial score (nSPS) is 12.1. The van der Waals surface area contributed by atoms with Crippen LogP contribution in [0.2, 0.25) is 0 Å². The Hall–Kier alpha value is -3.34. The molecule has 0 aromatic heterocycles. The minimum atomic E-state index is -1.05. The highest BCUT2D eigenvalue weighted by atomic mass is 16.7. The van der Waals surface area contributed by atoms with Gasteiger partial charge in [-0.15, -0.1) is 0 Å². The smallest absolute Gasteiger partial charge is 0.461 e. The van der Waals surface area contributed by atoms with Crippen LogP contribution in [-0.4, -0.2) is 56.2 Å². The van der Waals surface area contributed by atoms with Gasteiger partial charge in [-0.1, -0.05) is 26.8 Å². The van der Waals surface area contributed by atoms with E-state index in [1.807, 2.05) is 20.8 Å². The van der Waals surface area contributed by atoms with Gasteiger partial charge in [0.15, 0.2) is 11.5 Å². The molecular formula is C24H35NO10. The second-order valence-corrected chi connectivity index (χ2v) is 7.67. The molecule has 0 fully saturated rings. The SMILES string of the molecule is CCCOC(=O)Oc1ccc(C[C@H](N)C(=O)OC[C@H](C)OC(=O)CCC)cc1OC(=O)OCCC. The topological polar surface area (TPSA) is 150 Å². The number of ether oxygens (including phenoxy) is 6. The molecule has 11 heteroatoms. The fourth-order valence-electron chi connectivity index (χ4n) is 2.62. The van der Waals surface area contributed by atoms with Crippen LogP contribution in [0.15, 0.2) is 18.2 Å². The van der Waals surface area contributed by atoms with Gasteiger partial charge < -0.3 is 34.2 Å². The van der Waals surface area contributed by atoms with Crippen LogP contribution < -0.4 is 15.2 Å². The van der Waals surface area contributed by atoms with Gasteiger partial charge in [0.05, 0.1) is 13.2 Å². The highest BCUT2D eigenvalue weighted by Crippen LogP contribution is 2.30. The lowest BCUT2D eigenvalue weighted by atomic mass is 10.1. The van der Waals surface area contributed by atoms with Gasteiger partial charge in [-0.25, -0.2) is 9.59 Å². The molecule has 0 heterocycles. The van der Waals surface area contributed by atoms with Crippen molar-refractivity contribution in [3.63, 3.8) is 0 Å². The van der Waals surface area contributed by atoms with Gasteiger partial charge in [0.2, 0.25) is 0 Å². The van der Waals surface area contributed by atoms with Crippen molar-refractivity contribution in [1.82, 2.24) is 0 Å². The molecule has 0 aliphatic carbocycles. The van der Waals surface area contributed by atoms with Gasteiger partial charge in [0.25, 0.3) is 0 Å². The first kappa shape index (κ1) is 29.7. The molecule has 1 aromatic rings. The third-order valence-corrected chi connectivity index (χ3v) is 4.25. The predicted octanol–water partition coefficient (Wildman–Crippen LogP) is 3.68. The molecule has 0 spiro atoms. The molecule has 0 radical (unpaired) electrons. The van der Waals surface area contributed by atoms with Crippen molar-refractivity contribution in [2.24, 2.45) is 5.73 Å². The number of rotatable bonds is 14. The summed E-state index contributed by atoms with van der Waals surface area (Å²) in [5.74, 6) is -1.24. The number of hydrogen-bond donors (Lipinski definition) is 1. The van der Waals surface area contributed by atoms with E-state index in [9.17, 15) is 19.2 Å². The van der Waals surface area contributed by atoms with E-state index >= 15 is 0 Å². The zero-order valence-corrected chi connectivity index (χ0v) is 20.7. The summed E-state index contributed by atoms with van der Waals surface area (Å²) >= 11 is 0. The molecule has 11 nitrogen and oxygen atoms in total. The van der Waals surface area contributed by atoms with Crippen LogP contribution >= 0.6 is 0 Å². The Morgan fingerprint density at radius 2 is 1.46 bits per heavy atom. The average molecular weight is 498 g/mol. The molecule has 0 saturated heterocycles. The number of benzene rings is 1. The lowest BCUT2D eigenvalue weighted by molar-refractivity contribution is -0.158. The predicted molar refractivity (Wildman–Crippen MR) is 124 cm³/mol. The molecule has 196 valence electrons. The zero-order valence-electron chi connectivity index (χ0n) is 20.7. The van der Waals surface area contributed by atoms with E-state index in [-0.39, 0.29) is 50.1 Å². The van der Waals surface area contributed by atoms with E-state index in [2.05, 4.69) is 0 Å². The minimum Gasteiger partial charge on any atom is -0.461 e. The van der Waals surface area contributed by atoms with Crippen LogP contribution in [-0.2, 0) is 35.0 Å². The number of hydrogen-bond acceptors (Lipinski definition) is 11. The first-order valence-corrected chi connectivity index (χ1v) is 11.6. The fourth-order valence-corrected chi connectivity index (χ4v) is 2.62. The van der Waals surface area contributed by atoms with Crippen molar-refractivity contribution in [2.45, 2.75) is 71.9 Å². The van der Waals surface area contributed by atoms with E-state index in [0.717, 1.165) is 0 Å². The van der Waals surface area contributed by atoms with Crippen molar-refractivity contribution in [1.29, 1.82) is 0 Å². The molecule has 0 bridgehead atoms. The maximum absolute atomic E-state index is 12.3. The highest BCUT2D eigenvalue weighted by molar-refractivity contribution is 5.76. The number of nitrogens with two attached hydrogens (primary N) is 1. The number of carbonyl (C=O) groups excluding carboxylic acids is 4. The fraction of sp³-hybridized carbons (Fsp3) is 0.583. The van der Waals surface area contributed by atoms with E-state index in [1.165, 1.54) is 12.1 Å². The third kappa shape index (κ3) is 12.1. The molecule has 2 atom stereocenters. The van der Waals surface area contributed by atoms with Crippen molar-refractivity contribution < 1.29 is 47.6 Å². The van der Waals surface area contributed by atoms with E-state index in [4.69, 9.17) is 34.2 Å². The summed E-state index contributed by atoms with van der Waals surface area (Å²) in [6.07, 6.45) is -0.380. The Balaban J connectivity index is 2.82. The van der Waals surface area contributed by atoms with Crippen molar-refractivity contribution in [3.8, 4) is 11.5 Å². The first-order valence-electron chi connectivity index (χ1n) is 11.6. The Labute approximate surface area is 205 Å². The summed E-state index contributed by atoms with van der Waals surface area (Å²) in [7, 11) is 0. The van der Waals surface area contributed by atoms with Gasteiger partial charge in [-0.3, -0.25) is 9.59 Å².